The number of carbonyl (C=O) groups is 1. The maximum Gasteiger partial charge on any atom is 0.244 e. The van der Waals surface area contributed by atoms with E-state index >= 15 is 0 Å². The lowest BCUT2D eigenvalue weighted by atomic mass is 9.71. The van der Waals surface area contributed by atoms with E-state index in [-0.39, 0.29) is 5.89 Å². The van der Waals surface area contributed by atoms with E-state index in [4.69, 9.17) is 15.1 Å². The Morgan fingerprint density at radius 1 is 1.23 bits per heavy atom. The number of aliphatic hydroxyl groups excluding tert-OH is 1. The molecule has 1 aromatic carbocycles. The van der Waals surface area contributed by atoms with Gasteiger partial charge >= 0.3 is 0 Å². The highest BCUT2D eigenvalue weighted by molar-refractivity contribution is 7.20. The number of para-hydroxylation sites is 1. The molecular formula is C31H45N5O3S. The predicted molar refractivity (Wildman–Crippen MR) is 166 cm³/mol. The van der Waals surface area contributed by atoms with Gasteiger partial charge in [0.1, 0.15) is 11.1 Å². The second kappa shape index (κ2) is 16.9. The normalized spacial score (nSPS) is 14.8. The monoisotopic (exact) mass is 567 g/mol. The van der Waals surface area contributed by atoms with Gasteiger partial charge in [-0.05, 0) is 67.5 Å². The van der Waals surface area contributed by atoms with Crippen LogP contribution in [0.3, 0.4) is 0 Å². The van der Waals surface area contributed by atoms with Crippen LogP contribution in [0.2, 0.25) is 0 Å². The number of fused-ring (bicyclic) bond motifs is 2. The SMILES string of the molecule is CC.CC(C)(C)C1CCc2nc3sc(C=O)cc3cc2C1.CNCCN.OC(Nc1ccccc1)c1ncco1. The smallest absolute Gasteiger partial charge is 0.244 e. The van der Waals surface area contributed by atoms with Crippen molar-refractivity contribution >= 4 is 33.5 Å². The second-order valence-corrected chi connectivity index (χ2v) is 11.3. The summed E-state index contributed by atoms with van der Waals surface area (Å²) in [6.07, 6.45) is 6.34. The summed E-state index contributed by atoms with van der Waals surface area (Å²) in [7, 11) is 1.88. The van der Waals surface area contributed by atoms with Gasteiger partial charge in [-0.25, -0.2) is 9.97 Å². The third-order valence-electron chi connectivity index (χ3n) is 6.39. The van der Waals surface area contributed by atoms with E-state index in [0.717, 1.165) is 58.9 Å². The largest absolute Gasteiger partial charge is 0.445 e. The van der Waals surface area contributed by atoms with Gasteiger partial charge in [0, 0.05) is 29.9 Å². The molecule has 3 aromatic heterocycles. The summed E-state index contributed by atoms with van der Waals surface area (Å²) in [6.45, 7) is 12.6. The van der Waals surface area contributed by atoms with Crippen molar-refractivity contribution in [2.45, 2.75) is 60.1 Å². The number of nitrogens with zero attached hydrogens (tertiary/aromatic N) is 2. The predicted octanol–water partition coefficient (Wildman–Crippen LogP) is 6.23. The minimum atomic E-state index is -0.910. The van der Waals surface area contributed by atoms with Crippen molar-refractivity contribution in [3.8, 4) is 0 Å². The number of pyridine rings is 1. The first-order chi connectivity index (χ1) is 19.2. The molecule has 4 aromatic rings. The summed E-state index contributed by atoms with van der Waals surface area (Å²) in [5.74, 6) is 0.984. The number of carbonyl (C=O) groups excluding carboxylic acids is 1. The average Bonchev–Trinajstić information content (AvgIpc) is 3.64. The summed E-state index contributed by atoms with van der Waals surface area (Å²) in [5.41, 5.74) is 8.88. The zero-order valence-electron chi connectivity index (χ0n) is 24.6. The van der Waals surface area contributed by atoms with Crippen molar-refractivity contribution < 1.29 is 14.3 Å². The Morgan fingerprint density at radius 2 is 1.95 bits per heavy atom. The molecule has 9 heteroatoms. The van der Waals surface area contributed by atoms with Crippen LogP contribution in [0.25, 0.3) is 10.2 Å². The van der Waals surface area contributed by atoms with Crippen LogP contribution in [0.4, 0.5) is 5.69 Å². The molecule has 5 N–H and O–H groups in total. The number of aliphatic hydroxyl groups is 1. The fourth-order valence-corrected chi connectivity index (χ4v) is 5.06. The molecule has 0 radical (unpaired) electrons. The Morgan fingerprint density at radius 3 is 2.50 bits per heavy atom. The van der Waals surface area contributed by atoms with E-state index in [2.05, 4.69) is 42.5 Å². The van der Waals surface area contributed by atoms with Crippen LogP contribution in [0.1, 0.15) is 74.1 Å². The molecule has 0 bridgehead atoms. The quantitative estimate of drug-likeness (QED) is 0.160. The van der Waals surface area contributed by atoms with Crippen molar-refractivity contribution in [1.29, 1.82) is 0 Å². The number of thiophene rings is 1. The van der Waals surface area contributed by atoms with Crippen LogP contribution in [0.5, 0.6) is 0 Å². The number of benzene rings is 1. The molecule has 0 fully saturated rings. The van der Waals surface area contributed by atoms with Crippen LogP contribution in [0, 0.1) is 11.3 Å². The molecule has 3 heterocycles. The maximum atomic E-state index is 10.9. The molecule has 0 saturated heterocycles. The van der Waals surface area contributed by atoms with Gasteiger partial charge in [-0.2, -0.15) is 0 Å². The van der Waals surface area contributed by atoms with Crippen LogP contribution in [-0.2, 0) is 12.8 Å². The summed E-state index contributed by atoms with van der Waals surface area (Å²) in [6, 6.07) is 13.6. The Hall–Kier alpha value is -3.11. The average molecular weight is 568 g/mol. The Balaban J connectivity index is 0.000000235. The Labute approximate surface area is 242 Å². The lowest BCUT2D eigenvalue weighted by molar-refractivity contribution is 0.112. The van der Waals surface area contributed by atoms with Gasteiger partial charge in [0.15, 0.2) is 6.29 Å². The number of aryl methyl sites for hydroxylation is 1. The van der Waals surface area contributed by atoms with Gasteiger partial charge in [0.25, 0.3) is 0 Å². The lowest BCUT2D eigenvalue weighted by Gasteiger charge is -2.34. The minimum Gasteiger partial charge on any atom is -0.445 e. The highest BCUT2D eigenvalue weighted by Crippen LogP contribution is 2.38. The Kier molecular flexibility index (Phi) is 14.0. The first kappa shape index (κ1) is 33.1. The van der Waals surface area contributed by atoms with E-state index in [1.165, 1.54) is 41.5 Å². The van der Waals surface area contributed by atoms with E-state index in [9.17, 15) is 9.90 Å². The van der Waals surface area contributed by atoms with Gasteiger partial charge in [-0.3, -0.25) is 4.79 Å². The van der Waals surface area contributed by atoms with Crippen LogP contribution in [-0.4, -0.2) is 41.5 Å². The van der Waals surface area contributed by atoms with Crippen molar-refractivity contribution in [3.05, 3.63) is 76.9 Å². The zero-order chi connectivity index (χ0) is 29.5. The van der Waals surface area contributed by atoms with Crippen molar-refractivity contribution in [2.24, 2.45) is 17.1 Å². The molecule has 40 heavy (non-hydrogen) atoms. The van der Waals surface area contributed by atoms with Gasteiger partial charge in [0.2, 0.25) is 12.1 Å². The number of rotatable bonds is 6. The number of hydrogen-bond acceptors (Lipinski definition) is 9. The molecule has 1 aliphatic rings. The van der Waals surface area contributed by atoms with Gasteiger partial charge in [0.05, 0.1) is 11.1 Å². The maximum absolute atomic E-state index is 10.9. The number of anilines is 1. The number of nitrogens with two attached hydrogens (primary N) is 1. The van der Waals surface area contributed by atoms with Gasteiger partial charge in [-0.1, -0.05) is 52.8 Å². The fourth-order valence-electron chi connectivity index (χ4n) is 4.21. The number of aromatic nitrogens is 2. The highest BCUT2D eigenvalue weighted by Gasteiger charge is 2.29. The molecule has 218 valence electrons. The first-order valence-corrected chi connectivity index (χ1v) is 14.7. The van der Waals surface area contributed by atoms with E-state index in [1.807, 2.05) is 57.3 Å². The fraction of sp³-hybridized carbons (Fsp3) is 0.452. The third kappa shape index (κ3) is 10.1. The molecule has 2 atom stereocenters. The molecule has 0 amide bonds. The number of oxazole rings is 1. The highest BCUT2D eigenvalue weighted by atomic mass is 32.1. The second-order valence-electron chi connectivity index (χ2n) is 10.2. The van der Waals surface area contributed by atoms with Crippen molar-refractivity contribution in [2.75, 3.05) is 25.5 Å². The van der Waals surface area contributed by atoms with E-state index in [0.29, 0.717) is 5.41 Å². The molecule has 5 rings (SSSR count). The zero-order valence-corrected chi connectivity index (χ0v) is 25.4. The molecule has 8 nitrogen and oxygen atoms in total. The summed E-state index contributed by atoms with van der Waals surface area (Å²) in [5, 5.41) is 16.5. The van der Waals surface area contributed by atoms with E-state index < -0.39 is 6.23 Å². The summed E-state index contributed by atoms with van der Waals surface area (Å²) in [4.78, 5) is 21.2. The van der Waals surface area contributed by atoms with Crippen molar-refractivity contribution in [1.82, 2.24) is 15.3 Å². The lowest BCUT2D eigenvalue weighted by Crippen LogP contribution is -2.27. The Bertz CT molecular complexity index is 1250. The summed E-state index contributed by atoms with van der Waals surface area (Å²) >= 11 is 1.50. The van der Waals surface area contributed by atoms with Crippen LogP contribution < -0.4 is 16.4 Å². The number of likely N-dealkylation sites (N-methyl/N-ethyl adjacent to an activating group) is 1. The number of hydrogen-bond donors (Lipinski definition) is 4. The molecule has 0 spiro atoms. The molecular weight excluding hydrogens is 522 g/mol. The molecule has 0 aliphatic heterocycles. The first-order valence-electron chi connectivity index (χ1n) is 13.9. The number of aldehydes is 1. The topological polar surface area (TPSA) is 126 Å². The van der Waals surface area contributed by atoms with Crippen LogP contribution >= 0.6 is 11.3 Å². The van der Waals surface area contributed by atoms with Crippen LogP contribution in [0.15, 0.2) is 59.3 Å². The third-order valence-corrected chi connectivity index (χ3v) is 7.36. The summed E-state index contributed by atoms with van der Waals surface area (Å²) < 4.78 is 4.94. The molecule has 1 aliphatic carbocycles. The van der Waals surface area contributed by atoms with Gasteiger partial charge < -0.3 is 25.9 Å². The van der Waals surface area contributed by atoms with E-state index in [1.54, 1.807) is 0 Å². The standard InChI is InChI=1S/C16H19NOS.C10H10N2O2.C3H10N2.C2H6/c1-16(2,3)12-4-5-14-10(7-12)6-11-8-13(9-18)19-15(11)17-14;13-9(10-11-6-7-14-10)12-8-4-2-1-3-5-8;1-5-3-2-4;1-2/h6,8-9,12H,4-5,7H2,1-3H3;1-7,9,12-13H;5H,2-4H2,1H3;1-2H3. The van der Waals surface area contributed by atoms with Crippen molar-refractivity contribution in [3.63, 3.8) is 0 Å². The molecule has 2 unspecified atom stereocenters. The number of nitrogens with one attached hydrogen (secondary N) is 2. The molecule has 0 saturated carbocycles. The van der Waals surface area contributed by atoms with Gasteiger partial charge in [-0.15, -0.1) is 11.3 Å². The minimum absolute atomic E-state index is 0.258.